The second-order valence-corrected chi connectivity index (χ2v) is 9.75. The summed E-state index contributed by atoms with van der Waals surface area (Å²) in [4.78, 5) is 30.2. The molecule has 36 heavy (non-hydrogen) atoms. The van der Waals surface area contributed by atoms with Crippen LogP contribution in [0.3, 0.4) is 0 Å². The fourth-order valence-electron chi connectivity index (χ4n) is 4.99. The van der Waals surface area contributed by atoms with Crippen molar-refractivity contribution in [2.75, 3.05) is 7.11 Å². The largest absolute Gasteiger partial charge is 0.497 e. The molecule has 0 saturated heterocycles. The third kappa shape index (κ3) is 3.67. The molecule has 0 amide bonds. The Morgan fingerprint density at radius 2 is 1.89 bits per heavy atom. The summed E-state index contributed by atoms with van der Waals surface area (Å²) in [7, 11) is 1.63. The minimum Gasteiger partial charge on any atom is -0.497 e. The van der Waals surface area contributed by atoms with Crippen molar-refractivity contribution in [1.29, 1.82) is 0 Å². The lowest BCUT2D eigenvalue weighted by molar-refractivity contribution is -0.384. The Morgan fingerprint density at radius 3 is 2.67 bits per heavy atom. The number of methoxy groups -OCH3 is 1. The van der Waals surface area contributed by atoms with Crippen LogP contribution in [0.25, 0.3) is 11.8 Å². The molecule has 8 heteroatoms. The van der Waals surface area contributed by atoms with Gasteiger partial charge in [0.2, 0.25) is 0 Å². The Morgan fingerprint density at radius 1 is 1.08 bits per heavy atom. The number of thiazole rings is 1. The van der Waals surface area contributed by atoms with E-state index in [1.54, 1.807) is 29.9 Å². The SMILES string of the molecule is COc1ccc(C2C3=C(N=c4sc(=Cc5cccc([N+](=O)[O-])c5)c(=O)n42)c2ccccc2CC3)cc1. The lowest BCUT2D eigenvalue weighted by Crippen LogP contribution is -2.38. The Kier molecular flexibility index (Phi) is 5.38. The van der Waals surface area contributed by atoms with Gasteiger partial charge in [-0.3, -0.25) is 19.5 Å². The number of rotatable bonds is 4. The minimum atomic E-state index is -0.436. The van der Waals surface area contributed by atoms with Gasteiger partial charge in [-0.15, -0.1) is 0 Å². The summed E-state index contributed by atoms with van der Waals surface area (Å²) in [6, 6.07) is 22.1. The van der Waals surface area contributed by atoms with Crippen molar-refractivity contribution in [3.63, 3.8) is 0 Å². The minimum absolute atomic E-state index is 0.0142. The lowest BCUT2D eigenvalue weighted by atomic mass is 9.83. The number of hydrogen-bond donors (Lipinski definition) is 0. The first-order valence-electron chi connectivity index (χ1n) is 11.5. The van der Waals surface area contributed by atoms with Crippen molar-refractivity contribution in [1.82, 2.24) is 4.57 Å². The number of benzene rings is 3. The molecular weight excluding hydrogens is 474 g/mol. The molecular formula is C28H21N3O4S. The van der Waals surface area contributed by atoms with Gasteiger partial charge < -0.3 is 4.74 Å². The molecule has 2 heterocycles. The van der Waals surface area contributed by atoms with E-state index in [0.717, 1.165) is 41.0 Å². The molecule has 0 spiro atoms. The van der Waals surface area contributed by atoms with Gasteiger partial charge >= 0.3 is 0 Å². The fourth-order valence-corrected chi connectivity index (χ4v) is 5.99. The third-order valence-electron chi connectivity index (χ3n) is 6.68. The Bertz CT molecular complexity index is 1730. The lowest BCUT2D eigenvalue weighted by Gasteiger charge is -2.30. The van der Waals surface area contributed by atoms with Crippen LogP contribution in [0.2, 0.25) is 0 Å². The maximum Gasteiger partial charge on any atom is 0.271 e. The highest BCUT2D eigenvalue weighted by molar-refractivity contribution is 7.07. The number of nitro benzene ring substituents is 1. The number of ether oxygens (including phenoxy) is 1. The first kappa shape index (κ1) is 22.2. The molecule has 0 saturated carbocycles. The van der Waals surface area contributed by atoms with Gasteiger partial charge in [0.05, 0.1) is 28.3 Å². The smallest absolute Gasteiger partial charge is 0.271 e. The van der Waals surface area contributed by atoms with E-state index in [2.05, 4.69) is 12.1 Å². The van der Waals surface area contributed by atoms with Gasteiger partial charge in [-0.2, -0.15) is 0 Å². The van der Waals surface area contributed by atoms with E-state index >= 15 is 0 Å². The van der Waals surface area contributed by atoms with Gasteiger partial charge in [0.25, 0.3) is 11.2 Å². The number of nitrogens with zero attached hydrogens (tertiary/aromatic N) is 3. The highest BCUT2D eigenvalue weighted by Crippen LogP contribution is 2.41. The van der Waals surface area contributed by atoms with Crippen molar-refractivity contribution in [3.8, 4) is 5.75 Å². The predicted molar refractivity (Wildman–Crippen MR) is 139 cm³/mol. The molecule has 0 fully saturated rings. The molecule has 1 unspecified atom stereocenters. The summed E-state index contributed by atoms with van der Waals surface area (Å²) in [5.41, 5.74) is 5.83. The summed E-state index contributed by atoms with van der Waals surface area (Å²) in [6.07, 6.45) is 3.40. The Hall–Kier alpha value is -4.30. The predicted octanol–water partition coefficient (Wildman–Crippen LogP) is 4.24. The molecule has 1 aliphatic carbocycles. The first-order valence-corrected chi connectivity index (χ1v) is 12.4. The highest BCUT2D eigenvalue weighted by Gasteiger charge is 2.32. The molecule has 0 N–H and O–H groups in total. The molecule has 7 nitrogen and oxygen atoms in total. The summed E-state index contributed by atoms with van der Waals surface area (Å²) in [5.74, 6) is 0.750. The average molecular weight is 496 g/mol. The standard InChI is InChI=1S/C28H21N3O4S/c1-35-21-12-9-19(10-13-21)26-23-14-11-18-6-2-3-8-22(18)25(23)29-28-30(26)27(32)24(36-28)16-17-5-4-7-20(15-17)31(33)34/h2-10,12-13,15-16,26H,11,14H2,1H3. The second kappa shape index (κ2) is 8.73. The number of hydrogen-bond acceptors (Lipinski definition) is 6. The molecule has 6 rings (SSSR count). The quantitative estimate of drug-likeness (QED) is 0.313. The van der Waals surface area contributed by atoms with E-state index in [0.29, 0.717) is 14.9 Å². The first-order chi connectivity index (χ1) is 17.5. The normalized spacial score (nSPS) is 16.6. The van der Waals surface area contributed by atoms with Crippen molar-refractivity contribution >= 4 is 28.8 Å². The zero-order valence-electron chi connectivity index (χ0n) is 19.4. The van der Waals surface area contributed by atoms with Crippen LogP contribution in [-0.4, -0.2) is 16.6 Å². The summed E-state index contributed by atoms with van der Waals surface area (Å²) < 4.78 is 7.60. The average Bonchev–Trinajstić information content (AvgIpc) is 3.22. The Balaban J connectivity index is 1.59. The summed E-state index contributed by atoms with van der Waals surface area (Å²) >= 11 is 1.31. The van der Waals surface area contributed by atoms with Crippen LogP contribution < -0.4 is 19.6 Å². The zero-order chi connectivity index (χ0) is 24.8. The van der Waals surface area contributed by atoms with Crippen molar-refractivity contribution in [2.24, 2.45) is 4.99 Å². The van der Waals surface area contributed by atoms with E-state index in [-0.39, 0.29) is 17.3 Å². The van der Waals surface area contributed by atoms with Gasteiger partial charge in [-0.1, -0.05) is 59.9 Å². The van der Waals surface area contributed by atoms with Gasteiger partial charge in [-0.05, 0) is 53.3 Å². The maximum absolute atomic E-state index is 13.8. The topological polar surface area (TPSA) is 86.7 Å². The van der Waals surface area contributed by atoms with Crippen molar-refractivity contribution < 1.29 is 9.66 Å². The Labute approximate surface area is 210 Å². The van der Waals surface area contributed by atoms with Crippen LogP contribution >= 0.6 is 11.3 Å². The monoisotopic (exact) mass is 495 g/mol. The molecule has 1 aliphatic heterocycles. The van der Waals surface area contributed by atoms with Gasteiger partial charge in [0.1, 0.15) is 5.75 Å². The number of non-ortho nitro benzene ring substituents is 1. The van der Waals surface area contributed by atoms with Crippen LogP contribution in [0.15, 0.2) is 88.2 Å². The number of allylic oxidation sites excluding steroid dienone is 1. The van der Waals surface area contributed by atoms with Crippen LogP contribution in [-0.2, 0) is 6.42 Å². The molecule has 0 bridgehead atoms. The number of aryl methyl sites for hydroxylation is 1. The molecule has 1 aromatic heterocycles. The van der Waals surface area contributed by atoms with E-state index in [9.17, 15) is 14.9 Å². The van der Waals surface area contributed by atoms with E-state index in [1.807, 2.05) is 36.4 Å². The zero-order valence-corrected chi connectivity index (χ0v) is 20.2. The molecule has 2 aliphatic rings. The molecule has 1 atom stereocenters. The molecule has 178 valence electrons. The van der Waals surface area contributed by atoms with Crippen LogP contribution in [0.5, 0.6) is 5.75 Å². The van der Waals surface area contributed by atoms with E-state index in [4.69, 9.17) is 9.73 Å². The maximum atomic E-state index is 13.8. The fraction of sp³-hybridized carbons (Fsp3) is 0.143. The molecule has 3 aromatic carbocycles. The summed E-state index contributed by atoms with van der Waals surface area (Å²) in [6.45, 7) is 0. The number of fused-ring (bicyclic) bond motifs is 3. The van der Waals surface area contributed by atoms with Crippen LogP contribution in [0.1, 0.15) is 34.7 Å². The van der Waals surface area contributed by atoms with Crippen molar-refractivity contribution in [3.05, 3.63) is 130 Å². The van der Waals surface area contributed by atoms with E-state index < -0.39 is 4.92 Å². The van der Waals surface area contributed by atoms with E-state index in [1.165, 1.54) is 29.0 Å². The summed E-state index contributed by atoms with van der Waals surface area (Å²) in [5, 5.41) is 11.2. The van der Waals surface area contributed by atoms with Gasteiger partial charge in [0, 0.05) is 17.7 Å². The number of aromatic nitrogens is 1. The third-order valence-corrected chi connectivity index (χ3v) is 7.67. The highest BCUT2D eigenvalue weighted by atomic mass is 32.1. The van der Waals surface area contributed by atoms with Gasteiger partial charge in [-0.25, -0.2) is 4.99 Å². The van der Waals surface area contributed by atoms with Gasteiger partial charge in [0.15, 0.2) is 4.80 Å². The second-order valence-electron chi connectivity index (χ2n) is 8.74. The molecule has 0 radical (unpaired) electrons. The van der Waals surface area contributed by atoms with Crippen LogP contribution in [0, 0.1) is 10.1 Å². The molecule has 4 aromatic rings. The van der Waals surface area contributed by atoms with Crippen LogP contribution in [0.4, 0.5) is 5.69 Å². The van der Waals surface area contributed by atoms with Crippen molar-refractivity contribution in [2.45, 2.75) is 18.9 Å². The number of nitro groups is 1.